The molecule has 5 rings (SSSR count). The SMILES string of the molecule is Cn1nc(C2CC(c3ccccc3)C2)c(C2CCC2)c1NC(=O)C1CC(F)(F)C1. The monoisotopic (exact) mass is 399 g/mol. The third-order valence-corrected chi connectivity index (χ3v) is 7.12. The molecule has 6 heteroatoms. The molecule has 0 radical (unpaired) electrons. The van der Waals surface area contributed by atoms with E-state index < -0.39 is 11.8 Å². The highest BCUT2D eigenvalue weighted by Crippen LogP contribution is 2.52. The number of aromatic nitrogens is 2. The van der Waals surface area contributed by atoms with Gasteiger partial charge in [-0.25, -0.2) is 8.78 Å². The van der Waals surface area contributed by atoms with Crippen molar-refractivity contribution < 1.29 is 13.6 Å². The fourth-order valence-electron chi connectivity index (χ4n) is 5.01. The molecule has 154 valence electrons. The lowest BCUT2D eigenvalue weighted by atomic mass is 9.67. The standard InChI is InChI=1S/C23H27F2N3O/c1-28-21(26-22(29)18-12-23(24,25)13-18)19(15-8-5-9-15)20(27-28)17-10-16(11-17)14-6-3-2-4-7-14/h2-4,6-7,15-18H,5,8-13H2,1H3,(H,26,29). The van der Waals surface area contributed by atoms with Crippen LogP contribution in [0.4, 0.5) is 14.6 Å². The van der Waals surface area contributed by atoms with Crippen LogP contribution in [0.15, 0.2) is 30.3 Å². The van der Waals surface area contributed by atoms with E-state index in [1.54, 1.807) is 4.68 Å². The van der Waals surface area contributed by atoms with Gasteiger partial charge in [0.1, 0.15) is 5.82 Å². The zero-order chi connectivity index (χ0) is 20.2. The van der Waals surface area contributed by atoms with Crippen molar-refractivity contribution in [2.75, 3.05) is 5.32 Å². The Labute approximate surface area is 169 Å². The molecule has 1 heterocycles. The molecule has 0 unspecified atom stereocenters. The summed E-state index contributed by atoms with van der Waals surface area (Å²) in [5.41, 5.74) is 3.65. The molecule has 1 amide bonds. The summed E-state index contributed by atoms with van der Waals surface area (Å²) < 4.78 is 28.1. The van der Waals surface area contributed by atoms with E-state index in [1.165, 1.54) is 12.0 Å². The van der Waals surface area contributed by atoms with Crippen LogP contribution in [-0.2, 0) is 11.8 Å². The van der Waals surface area contributed by atoms with Crippen molar-refractivity contribution in [3.8, 4) is 0 Å². The second-order valence-corrected chi connectivity index (χ2v) is 9.13. The molecular formula is C23H27F2N3O. The molecule has 0 spiro atoms. The molecular weight excluding hydrogens is 372 g/mol. The van der Waals surface area contributed by atoms with E-state index in [1.807, 2.05) is 13.1 Å². The van der Waals surface area contributed by atoms with Crippen LogP contribution in [0.2, 0.25) is 0 Å². The van der Waals surface area contributed by atoms with Crippen molar-refractivity contribution >= 4 is 11.7 Å². The lowest BCUT2D eigenvalue weighted by Gasteiger charge is -2.37. The highest BCUT2D eigenvalue weighted by Gasteiger charge is 2.49. The number of aryl methyl sites for hydroxylation is 1. The van der Waals surface area contributed by atoms with Gasteiger partial charge in [0.05, 0.1) is 5.69 Å². The number of carbonyl (C=O) groups excluding carboxylic acids is 1. The van der Waals surface area contributed by atoms with Gasteiger partial charge in [0.15, 0.2) is 0 Å². The van der Waals surface area contributed by atoms with Crippen molar-refractivity contribution in [3.63, 3.8) is 0 Å². The summed E-state index contributed by atoms with van der Waals surface area (Å²) >= 11 is 0. The second-order valence-electron chi connectivity index (χ2n) is 9.13. The van der Waals surface area contributed by atoms with Crippen LogP contribution in [0.5, 0.6) is 0 Å². The molecule has 1 aromatic heterocycles. The molecule has 3 aliphatic rings. The lowest BCUT2D eigenvalue weighted by Crippen LogP contribution is -2.42. The number of nitrogens with one attached hydrogen (secondary N) is 1. The topological polar surface area (TPSA) is 46.9 Å². The maximum atomic E-state index is 13.2. The minimum absolute atomic E-state index is 0.290. The van der Waals surface area contributed by atoms with Gasteiger partial charge in [-0.3, -0.25) is 9.48 Å². The van der Waals surface area contributed by atoms with Gasteiger partial charge in [-0.05, 0) is 43.1 Å². The Balaban J connectivity index is 1.35. The highest BCUT2D eigenvalue weighted by molar-refractivity contribution is 5.93. The average Bonchev–Trinajstić information content (AvgIpc) is 2.87. The van der Waals surface area contributed by atoms with Crippen LogP contribution >= 0.6 is 0 Å². The van der Waals surface area contributed by atoms with E-state index >= 15 is 0 Å². The largest absolute Gasteiger partial charge is 0.310 e. The molecule has 3 saturated carbocycles. The molecule has 1 aromatic carbocycles. The van der Waals surface area contributed by atoms with Crippen molar-refractivity contribution in [2.45, 2.75) is 68.6 Å². The van der Waals surface area contributed by atoms with E-state index in [9.17, 15) is 13.6 Å². The number of hydrogen-bond donors (Lipinski definition) is 1. The summed E-state index contributed by atoms with van der Waals surface area (Å²) in [6, 6.07) is 10.6. The first kappa shape index (κ1) is 18.8. The molecule has 3 fully saturated rings. The Morgan fingerprint density at radius 2 is 1.79 bits per heavy atom. The van der Waals surface area contributed by atoms with Gasteiger partial charge in [0, 0.05) is 37.3 Å². The van der Waals surface area contributed by atoms with Crippen LogP contribution in [0.3, 0.4) is 0 Å². The Morgan fingerprint density at radius 3 is 2.38 bits per heavy atom. The number of anilines is 1. The summed E-state index contributed by atoms with van der Waals surface area (Å²) in [7, 11) is 1.85. The van der Waals surface area contributed by atoms with Gasteiger partial charge in [-0.2, -0.15) is 5.10 Å². The molecule has 1 N–H and O–H groups in total. The maximum Gasteiger partial charge on any atom is 0.249 e. The van der Waals surface area contributed by atoms with Crippen molar-refractivity contribution in [2.24, 2.45) is 13.0 Å². The molecule has 4 nitrogen and oxygen atoms in total. The Bertz CT molecular complexity index is 906. The first-order valence-electron chi connectivity index (χ1n) is 10.7. The smallest absolute Gasteiger partial charge is 0.249 e. The van der Waals surface area contributed by atoms with E-state index in [0.29, 0.717) is 17.8 Å². The summed E-state index contributed by atoms with van der Waals surface area (Å²) in [6.45, 7) is 0. The number of amides is 1. The molecule has 2 aromatic rings. The second kappa shape index (κ2) is 6.92. The van der Waals surface area contributed by atoms with Crippen molar-refractivity contribution in [1.29, 1.82) is 0 Å². The first-order chi connectivity index (χ1) is 13.9. The third kappa shape index (κ3) is 3.36. The van der Waals surface area contributed by atoms with E-state index in [-0.39, 0.29) is 18.7 Å². The van der Waals surface area contributed by atoms with Gasteiger partial charge in [0.2, 0.25) is 11.8 Å². The number of carbonyl (C=O) groups is 1. The van der Waals surface area contributed by atoms with Crippen molar-refractivity contribution in [1.82, 2.24) is 9.78 Å². The number of benzene rings is 1. The Kier molecular flexibility index (Phi) is 4.48. The van der Waals surface area contributed by atoms with Gasteiger partial charge in [-0.15, -0.1) is 0 Å². The fraction of sp³-hybridized carbons (Fsp3) is 0.565. The highest BCUT2D eigenvalue weighted by atomic mass is 19.3. The zero-order valence-corrected chi connectivity index (χ0v) is 16.7. The summed E-state index contributed by atoms with van der Waals surface area (Å²) in [5.74, 6) is -1.45. The lowest BCUT2D eigenvalue weighted by molar-refractivity contribution is -0.145. The number of alkyl halides is 2. The molecule has 0 saturated heterocycles. The van der Waals surface area contributed by atoms with E-state index in [0.717, 1.165) is 42.8 Å². The Morgan fingerprint density at radius 1 is 1.10 bits per heavy atom. The number of hydrogen-bond acceptors (Lipinski definition) is 2. The maximum absolute atomic E-state index is 13.2. The van der Waals surface area contributed by atoms with E-state index in [4.69, 9.17) is 5.10 Å². The average molecular weight is 399 g/mol. The number of rotatable bonds is 5. The molecule has 0 aliphatic heterocycles. The summed E-state index contributed by atoms with van der Waals surface area (Å²) in [5, 5.41) is 7.76. The Hall–Kier alpha value is -2.24. The fourth-order valence-corrected chi connectivity index (χ4v) is 5.01. The van der Waals surface area contributed by atoms with Gasteiger partial charge < -0.3 is 5.32 Å². The molecule has 0 atom stereocenters. The third-order valence-electron chi connectivity index (χ3n) is 7.12. The predicted molar refractivity (Wildman–Crippen MR) is 107 cm³/mol. The van der Waals surface area contributed by atoms with Crippen molar-refractivity contribution in [3.05, 3.63) is 47.2 Å². The van der Waals surface area contributed by atoms with Crippen LogP contribution < -0.4 is 5.32 Å². The minimum Gasteiger partial charge on any atom is -0.310 e. The summed E-state index contributed by atoms with van der Waals surface area (Å²) in [4.78, 5) is 12.5. The predicted octanol–water partition coefficient (Wildman–Crippen LogP) is 5.33. The van der Waals surface area contributed by atoms with E-state index in [2.05, 4.69) is 29.6 Å². The van der Waals surface area contributed by atoms with Crippen LogP contribution in [0.25, 0.3) is 0 Å². The molecule has 29 heavy (non-hydrogen) atoms. The molecule has 3 aliphatic carbocycles. The first-order valence-corrected chi connectivity index (χ1v) is 10.7. The van der Waals surface area contributed by atoms with Crippen LogP contribution in [0, 0.1) is 5.92 Å². The zero-order valence-electron chi connectivity index (χ0n) is 16.7. The van der Waals surface area contributed by atoms with Gasteiger partial charge in [0.25, 0.3) is 0 Å². The normalized spacial score (nSPS) is 26.3. The van der Waals surface area contributed by atoms with Gasteiger partial charge >= 0.3 is 0 Å². The van der Waals surface area contributed by atoms with Crippen LogP contribution in [0.1, 0.15) is 79.5 Å². The minimum atomic E-state index is -2.69. The van der Waals surface area contributed by atoms with Gasteiger partial charge in [-0.1, -0.05) is 36.8 Å². The number of nitrogens with zero attached hydrogens (tertiary/aromatic N) is 2. The number of halogens is 2. The van der Waals surface area contributed by atoms with Crippen LogP contribution in [-0.4, -0.2) is 21.6 Å². The summed E-state index contributed by atoms with van der Waals surface area (Å²) in [6.07, 6.45) is 4.87. The quantitative estimate of drug-likeness (QED) is 0.738. The molecule has 0 bridgehead atoms.